The first-order valence-electron chi connectivity index (χ1n) is 7.06. The van der Waals surface area contributed by atoms with Crippen molar-refractivity contribution in [1.29, 1.82) is 0 Å². The van der Waals surface area contributed by atoms with Crippen molar-refractivity contribution in [3.8, 4) is 0 Å². The summed E-state index contributed by atoms with van der Waals surface area (Å²) in [6.45, 7) is 2.51. The van der Waals surface area contributed by atoms with Gasteiger partial charge >= 0.3 is 6.18 Å². The topological polar surface area (TPSA) is 12.0 Å². The summed E-state index contributed by atoms with van der Waals surface area (Å²) < 4.78 is 38.8. The molecule has 1 unspecified atom stereocenters. The van der Waals surface area contributed by atoms with Crippen LogP contribution in [0, 0.1) is 0 Å². The maximum Gasteiger partial charge on any atom is 0.416 e. The van der Waals surface area contributed by atoms with Crippen molar-refractivity contribution in [3.05, 3.63) is 47.0 Å². The molecule has 0 saturated heterocycles. The molecule has 0 bridgehead atoms. The Morgan fingerprint density at radius 1 is 1.25 bits per heavy atom. The molecule has 1 nitrogen and oxygen atoms in total. The van der Waals surface area contributed by atoms with E-state index in [1.165, 1.54) is 18.1 Å². The lowest BCUT2D eigenvalue weighted by Crippen LogP contribution is -2.23. The molecule has 0 aromatic heterocycles. The summed E-state index contributed by atoms with van der Waals surface area (Å²) in [6.07, 6.45) is 2.37. The van der Waals surface area contributed by atoms with Crippen molar-refractivity contribution < 1.29 is 13.2 Å². The van der Waals surface area contributed by atoms with Crippen LogP contribution in [0.4, 0.5) is 13.2 Å². The van der Waals surface area contributed by atoms with Gasteiger partial charge in [0.1, 0.15) is 0 Å². The van der Waals surface area contributed by atoms with Crippen LogP contribution in [0.3, 0.4) is 0 Å². The highest BCUT2D eigenvalue weighted by molar-refractivity contribution is 5.32. The summed E-state index contributed by atoms with van der Waals surface area (Å²) in [5, 5.41) is 3.20. The number of halogens is 3. The van der Waals surface area contributed by atoms with Crippen molar-refractivity contribution in [2.75, 3.05) is 6.54 Å². The fourth-order valence-corrected chi connectivity index (χ4v) is 2.66. The zero-order chi connectivity index (χ0) is 14.6. The van der Waals surface area contributed by atoms with E-state index in [4.69, 9.17) is 0 Å². The Bertz CT molecular complexity index is 477. The molecule has 0 amide bonds. The van der Waals surface area contributed by atoms with Crippen LogP contribution < -0.4 is 5.32 Å². The molecule has 1 atom stereocenters. The van der Waals surface area contributed by atoms with Crippen LogP contribution >= 0.6 is 0 Å². The molecule has 0 saturated carbocycles. The van der Waals surface area contributed by atoms with Crippen molar-refractivity contribution in [2.45, 2.75) is 44.8 Å². The van der Waals surface area contributed by atoms with Gasteiger partial charge in [0.15, 0.2) is 0 Å². The molecule has 4 heteroatoms. The molecular weight excluding hydrogens is 263 g/mol. The fraction of sp³-hybridized carbons (Fsp3) is 0.500. The Labute approximate surface area is 117 Å². The van der Waals surface area contributed by atoms with Crippen molar-refractivity contribution >= 4 is 0 Å². The molecule has 0 heterocycles. The minimum atomic E-state index is -4.29. The van der Waals surface area contributed by atoms with E-state index in [-0.39, 0.29) is 6.04 Å². The zero-order valence-electron chi connectivity index (χ0n) is 11.6. The number of benzene rings is 1. The number of alkyl halides is 3. The summed E-state index contributed by atoms with van der Waals surface area (Å²) >= 11 is 0. The molecule has 0 aliphatic heterocycles. The lowest BCUT2D eigenvalue weighted by atomic mass is 10.0. The number of nitrogens with one attached hydrogen (secondary N) is 1. The van der Waals surface area contributed by atoms with Crippen LogP contribution in [0.1, 0.15) is 49.8 Å². The third-order valence-corrected chi connectivity index (χ3v) is 3.76. The Balaban J connectivity index is 1.96. The van der Waals surface area contributed by atoms with Crippen LogP contribution in [0.5, 0.6) is 0 Å². The van der Waals surface area contributed by atoms with E-state index in [1.54, 1.807) is 19.1 Å². The van der Waals surface area contributed by atoms with Crippen molar-refractivity contribution in [2.24, 2.45) is 0 Å². The molecule has 2 rings (SSSR count). The molecule has 1 aromatic carbocycles. The van der Waals surface area contributed by atoms with Crippen LogP contribution in [0.25, 0.3) is 0 Å². The first-order valence-corrected chi connectivity index (χ1v) is 7.06. The van der Waals surface area contributed by atoms with Crippen LogP contribution in [-0.2, 0) is 6.18 Å². The first-order chi connectivity index (χ1) is 9.48. The normalized spacial score (nSPS) is 17.1. The Morgan fingerprint density at radius 3 is 2.65 bits per heavy atom. The Kier molecular flexibility index (Phi) is 4.86. The Hall–Kier alpha value is -1.29. The second-order valence-corrected chi connectivity index (χ2v) is 5.27. The van der Waals surface area contributed by atoms with Gasteiger partial charge in [0.2, 0.25) is 0 Å². The average molecular weight is 283 g/mol. The highest BCUT2D eigenvalue weighted by Gasteiger charge is 2.33. The van der Waals surface area contributed by atoms with Gasteiger partial charge < -0.3 is 5.32 Å². The SMILES string of the molecule is CC(NCCC1=CCCC1)c1ccccc1C(F)(F)F. The summed E-state index contributed by atoms with van der Waals surface area (Å²) in [7, 11) is 0. The first kappa shape index (κ1) is 15.1. The van der Waals surface area contributed by atoms with E-state index in [9.17, 15) is 13.2 Å². The quantitative estimate of drug-likeness (QED) is 0.761. The second-order valence-electron chi connectivity index (χ2n) is 5.27. The van der Waals surface area contributed by atoms with E-state index in [1.807, 2.05) is 0 Å². The van der Waals surface area contributed by atoms with Crippen LogP contribution in [-0.4, -0.2) is 6.54 Å². The maximum atomic E-state index is 12.9. The lowest BCUT2D eigenvalue weighted by Gasteiger charge is -2.19. The monoisotopic (exact) mass is 283 g/mol. The maximum absolute atomic E-state index is 12.9. The van der Waals surface area contributed by atoms with Gasteiger partial charge in [-0.05, 0) is 50.8 Å². The Morgan fingerprint density at radius 2 is 2.00 bits per heavy atom. The molecule has 0 radical (unpaired) electrons. The summed E-state index contributed by atoms with van der Waals surface area (Å²) in [4.78, 5) is 0. The zero-order valence-corrected chi connectivity index (χ0v) is 11.6. The molecule has 0 spiro atoms. The van der Waals surface area contributed by atoms with E-state index in [2.05, 4.69) is 11.4 Å². The number of hydrogen-bond acceptors (Lipinski definition) is 1. The average Bonchev–Trinajstić information content (AvgIpc) is 2.91. The van der Waals surface area contributed by atoms with Gasteiger partial charge in [0, 0.05) is 6.04 Å². The van der Waals surface area contributed by atoms with Crippen LogP contribution in [0.2, 0.25) is 0 Å². The summed E-state index contributed by atoms with van der Waals surface area (Å²) in [5.41, 5.74) is 1.20. The standard InChI is InChI=1S/C16H20F3N/c1-12(20-11-10-13-6-2-3-7-13)14-8-4-5-9-15(14)16(17,18)19/h4-6,8-9,12,20H,2-3,7,10-11H2,1H3. The van der Waals surface area contributed by atoms with Gasteiger partial charge in [-0.1, -0.05) is 29.8 Å². The molecule has 1 aliphatic carbocycles. The molecule has 1 aliphatic rings. The van der Waals surface area contributed by atoms with Gasteiger partial charge in [0.25, 0.3) is 0 Å². The highest BCUT2D eigenvalue weighted by Crippen LogP contribution is 2.34. The van der Waals surface area contributed by atoms with Gasteiger partial charge in [0.05, 0.1) is 5.56 Å². The minimum Gasteiger partial charge on any atom is -0.310 e. The third-order valence-electron chi connectivity index (χ3n) is 3.76. The van der Waals surface area contributed by atoms with Crippen LogP contribution in [0.15, 0.2) is 35.9 Å². The number of hydrogen-bond donors (Lipinski definition) is 1. The van der Waals surface area contributed by atoms with Gasteiger partial charge in [-0.25, -0.2) is 0 Å². The summed E-state index contributed by atoms with van der Waals surface area (Å²) in [6, 6.07) is 5.49. The number of allylic oxidation sites excluding steroid dienone is 1. The van der Waals surface area contributed by atoms with E-state index >= 15 is 0 Å². The van der Waals surface area contributed by atoms with Gasteiger partial charge in [-0.2, -0.15) is 13.2 Å². The van der Waals surface area contributed by atoms with Crippen molar-refractivity contribution in [3.63, 3.8) is 0 Å². The van der Waals surface area contributed by atoms with E-state index < -0.39 is 11.7 Å². The van der Waals surface area contributed by atoms with Gasteiger partial charge in [-0.3, -0.25) is 0 Å². The smallest absolute Gasteiger partial charge is 0.310 e. The second kappa shape index (κ2) is 6.44. The minimum absolute atomic E-state index is 0.296. The molecule has 20 heavy (non-hydrogen) atoms. The molecule has 1 aromatic rings. The van der Waals surface area contributed by atoms with E-state index in [0.717, 1.165) is 31.9 Å². The molecular formula is C16H20F3N. The van der Waals surface area contributed by atoms with Crippen molar-refractivity contribution in [1.82, 2.24) is 5.32 Å². The third kappa shape index (κ3) is 3.85. The largest absolute Gasteiger partial charge is 0.416 e. The lowest BCUT2D eigenvalue weighted by molar-refractivity contribution is -0.138. The fourth-order valence-electron chi connectivity index (χ4n) is 2.66. The number of rotatable bonds is 5. The van der Waals surface area contributed by atoms with E-state index in [0.29, 0.717) is 5.56 Å². The molecule has 0 fully saturated rings. The predicted octanol–water partition coefficient (Wildman–Crippen LogP) is 4.86. The molecule has 110 valence electrons. The molecule has 1 N–H and O–H groups in total. The highest BCUT2D eigenvalue weighted by atomic mass is 19.4. The summed E-state index contributed by atoms with van der Waals surface area (Å²) in [5.74, 6) is 0. The van der Waals surface area contributed by atoms with Gasteiger partial charge in [-0.15, -0.1) is 0 Å². The predicted molar refractivity (Wildman–Crippen MR) is 74.4 cm³/mol.